The highest BCUT2D eigenvalue weighted by Gasteiger charge is 2.35. The molecular weight excluding hydrogens is 378 g/mol. The number of halogens is 4. The lowest BCUT2D eigenvalue weighted by atomic mass is 10.0. The topological polar surface area (TPSA) is 62.1 Å². The van der Waals surface area contributed by atoms with Crippen molar-refractivity contribution in [3.05, 3.63) is 75.2 Å². The first kappa shape index (κ1) is 18.4. The van der Waals surface area contributed by atoms with Gasteiger partial charge in [0.15, 0.2) is 11.6 Å². The van der Waals surface area contributed by atoms with Gasteiger partial charge in [0.25, 0.3) is 5.56 Å². The predicted octanol–water partition coefficient (Wildman–Crippen LogP) is 3.75. The molecule has 9 heteroatoms. The summed E-state index contributed by atoms with van der Waals surface area (Å²) in [6.07, 6.45) is -2.83. The molecule has 4 rings (SSSR count). The van der Waals surface area contributed by atoms with Crippen LogP contribution in [0.4, 0.5) is 17.6 Å². The molecule has 2 aromatic heterocycles. The summed E-state index contributed by atoms with van der Waals surface area (Å²) in [6.45, 7) is 0.189. The highest BCUT2D eigenvalue weighted by molar-refractivity contribution is 5.47. The minimum absolute atomic E-state index is 0.0851. The van der Waals surface area contributed by atoms with Gasteiger partial charge in [-0.05, 0) is 24.3 Å². The average molecular weight is 393 g/mol. The lowest BCUT2D eigenvalue weighted by Gasteiger charge is -2.28. The Balaban J connectivity index is 1.62. The van der Waals surface area contributed by atoms with Crippen LogP contribution >= 0.6 is 0 Å². The van der Waals surface area contributed by atoms with E-state index in [1.54, 1.807) is 17.0 Å². The van der Waals surface area contributed by atoms with Gasteiger partial charge in [0, 0.05) is 31.6 Å². The molecule has 0 saturated carbocycles. The SMILES string of the molecule is O=c1[nH]c(-c2ccco2)nc2c1CN(Cc1c(F)cccc1C(F)(F)F)CC2. The summed E-state index contributed by atoms with van der Waals surface area (Å²) in [5.41, 5.74) is -0.873. The molecule has 28 heavy (non-hydrogen) atoms. The molecule has 3 heterocycles. The van der Waals surface area contributed by atoms with Crippen LogP contribution in [0, 0.1) is 5.82 Å². The summed E-state index contributed by atoms with van der Waals surface area (Å²) in [7, 11) is 0. The number of rotatable bonds is 3. The molecule has 0 amide bonds. The summed E-state index contributed by atoms with van der Waals surface area (Å²) >= 11 is 0. The minimum Gasteiger partial charge on any atom is -0.461 e. The van der Waals surface area contributed by atoms with Crippen LogP contribution in [-0.2, 0) is 25.7 Å². The lowest BCUT2D eigenvalue weighted by Crippen LogP contribution is -2.36. The fraction of sp³-hybridized carbons (Fsp3) is 0.263. The predicted molar refractivity (Wildman–Crippen MR) is 91.8 cm³/mol. The first-order valence-corrected chi connectivity index (χ1v) is 8.56. The molecule has 0 spiro atoms. The Morgan fingerprint density at radius 2 is 2.04 bits per heavy atom. The summed E-state index contributed by atoms with van der Waals surface area (Å²) < 4.78 is 59.0. The average Bonchev–Trinajstić information content (AvgIpc) is 3.17. The van der Waals surface area contributed by atoms with E-state index in [9.17, 15) is 22.4 Å². The second kappa shape index (κ2) is 6.90. The largest absolute Gasteiger partial charge is 0.461 e. The molecule has 0 aliphatic carbocycles. The molecular formula is C19H15F4N3O2. The maximum atomic E-state index is 14.1. The first-order valence-electron chi connectivity index (χ1n) is 8.56. The second-order valence-electron chi connectivity index (χ2n) is 6.54. The Morgan fingerprint density at radius 3 is 2.75 bits per heavy atom. The first-order chi connectivity index (χ1) is 13.3. The highest BCUT2D eigenvalue weighted by Crippen LogP contribution is 2.34. The second-order valence-corrected chi connectivity index (χ2v) is 6.54. The molecule has 0 fully saturated rings. The Kier molecular flexibility index (Phi) is 4.54. The van der Waals surface area contributed by atoms with Crippen molar-refractivity contribution in [3.63, 3.8) is 0 Å². The molecule has 146 valence electrons. The van der Waals surface area contributed by atoms with E-state index in [4.69, 9.17) is 4.42 Å². The molecule has 0 atom stereocenters. The smallest absolute Gasteiger partial charge is 0.416 e. The van der Waals surface area contributed by atoms with E-state index in [-0.39, 0.29) is 18.6 Å². The van der Waals surface area contributed by atoms with Gasteiger partial charge in [-0.15, -0.1) is 0 Å². The Hall–Kier alpha value is -2.94. The van der Waals surface area contributed by atoms with Crippen LogP contribution in [0.2, 0.25) is 0 Å². The van der Waals surface area contributed by atoms with Crippen molar-refractivity contribution in [2.75, 3.05) is 6.54 Å². The van der Waals surface area contributed by atoms with E-state index in [0.717, 1.165) is 18.2 Å². The zero-order chi connectivity index (χ0) is 19.9. The van der Waals surface area contributed by atoms with Crippen LogP contribution in [0.3, 0.4) is 0 Å². The van der Waals surface area contributed by atoms with E-state index >= 15 is 0 Å². The van der Waals surface area contributed by atoms with Crippen LogP contribution in [-0.4, -0.2) is 21.4 Å². The zero-order valence-electron chi connectivity index (χ0n) is 14.5. The number of aromatic nitrogens is 2. The molecule has 1 N–H and O–H groups in total. The molecule has 0 bridgehead atoms. The Bertz CT molecular complexity index is 1060. The van der Waals surface area contributed by atoms with Gasteiger partial charge in [-0.25, -0.2) is 9.37 Å². The van der Waals surface area contributed by atoms with Crippen LogP contribution in [0.1, 0.15) is 22.4 Å². The third-order valence-electron chi connectivity index (χ3n) is 4.71. The zero-order valence-corrected chi connectivity index (χ0v) is 14.5. The monoisotopic (exact) mass is 393 g/mol. The molecule has 1 aliphatic rings. The van der Waals surface area contributed by atoms with Crippen molar-refractivity contribution in [3.8, 4) is 11.6 Å². The summed E-state index contributed by atoms with van der Waals surface area (Å²) in [5, 5.41) is 0. The number of H-pyrrole nitrogens is 1. The van der Waals surface area contributed by atoms with E-state index in [1.165, 1.54) is 6.26 Å². The summed E-state index contributed by atoms with van der Waals surface area (Å²) in [5.74, 6) is -0.194. The number of furan rings is 1. The third-order valence-corrected chi connectivity index (χ3v) is 4.71. The number of nitrogens with one attached hydrogen (secondary N) is 1. The number of nitrogens with zero attached hydrogens (tertiary/aromatic N) is 2. The number of hydrogen-bond donors (Lipinski definition) is 1. The van der Waals surface area contributed by atoms with Crippen LogP contribution in [0.5, 0.6) is 0 Å². The summed E-state index contributed by atoms with van der Waals surface area (Å²) in [4.78, 5) is 21.1. The Labute approximate surface area is 156 Å². The normalized spacial score (nSPS) is 14.9. The van der Waals surface area contributed by atoms with E-state index in [2.05, 4.69) is 9.97 Å². The van der Waals surface area contributed by atoms with Gasteiger partial charge < -0.3 is 9.40 Å². The van der Waals surface area contributed by atoms with Crippen molar-refractivity contribution in [2.45, 2.75) is 25.7 Å². The Morgan fingerprint density at radius 1 is 1.21 bits per heavy atom. The van der Waals surface area contributed by atoms with Crippen LogP contribution in [0.25, 0.3) is 11.6 Å². The van der Waals surface area contributed by atoms with Crippen molar-refractivity contribution in [1.29, 1.82) is 0 Å². The van der Waals surface area contributed by atoms with Crippen molar-refractivity contribution < 1.29 is 22.0 Å². The van der Waals surface area contributed by atoms with Crippen LogP contribution < -0.4 is 5.56 Å². The number of alkyl halides is 3. The minimum atomic E-state index is -4.65. The van der Waals surface area contributed by atoms with Gasteiger partial charge in [-0.3, -0.25) is 9.69 Å². The fourth-order valence-electron chi connectivity index (χ4n) is 3.35. The lowest BCUT2D eigenvalue weighted by molar-refractivity contribution is -0.138. The van der Waals surface area contributed by atoms with Gasteiger partial charge in [0.2, 0.25) is 0 Å². The van der Waals surface area contributed by atoms with Gasteiger partial charge in [0.05, 0.1) is 23.1 Å². The van der Waals surface area contributed by atoms with Crippen LogP contribution in [0.15, 0.2) is 45.8 Å². The fourth-order valence-corrected chi connectivity index (χ4v) is 3.35. The molecule has 5 nitrogen and oxygen atoms in total. The van der Waals surface area contributed by atoms with Gasteiger partial charge >= 0.3 is 6.18 Å². The van der Waals surface area contributed by atoms with E-state index in [1.807, 2.05) is 0 Å². The van der Waals surface area contributed by atoms with E-state index in [0.29, 0.717) is 35.8 Å². The molecule has 3 aromatic rings. The molecule has 1 aliphatic heterocycles. The standard InChI is InChI=1S/C19H15F4N3O2/c20-14-4-1-3-13(19(21,22)23)11(14)9-26-7-6-15-12(10-26)18(27)25-17(24-15)16-5-2-8-28-16/h1-5,8H,6-7,9-10H2,(H,24,25,27). The summed E-state index contributed by atoms with van der Waals surface area (Å²) in [6, 6.07) is 6.24. The number of aromatic amines is 1. The third kappa shape index (κ3) is 3.45. The molecule has 0 saturated heterocycles. The number of benzene rings is 1. The number of fused-ring (bicyclic) bond motifs is 1. The molecule has 0 unspecified atom stereocenters. The van der Waals surface area contributed by atoms with Crippen molar-refractivity contribution in [2.24, 2.45) is 0 Å². The number of hydrogen-bond acceptors (Lipinski definition) is 4. The molecule has 1 aromatic carbocycles. The van der Waals surface area contributed by atoms with Gasteiger partial charge in [-0.2, -0.15) is 13.2 Å². The quantitative estimate of drug-likeness (QED) is 0.689. The maximum absolute atomic E-state index is 14.1. The molecule has 0 radical (unpaired) electrons. The van der Waals surface area contributed by atoms with E-state index < -0.39 is 23.1 Å². The van der Waals surface area contributed by atoms with Gasteiger partial charge in [-0.1, -0.05) is 6.07 Å². The van der Waals surface area contributed by atoms with Gasteiger partial charge in [0.1, 0.15) is 5.82 Å². The van der Waals surface area contributed by atoms with Crippen molar-refractivity contribution >= 4 is 0 Å². The highest BCUT2D eigenvalue weighted by atomic mass is 19.4. The maximum Gasteiger partial charge on any atom is 0.416 e. The van der Waals surface area contributed by atoms with Crippen molar-refractivity contribution in [1.82, 2.24) is 14.9 Å².